The molecule has 3 aliphatic rings. The number of imide groups is 1. The summed E-state index contributed by atoms with van der Waals surface area (Å²) >= 11 is 8.38. The smallest absolute Gasteiger partial charge is 0.243 e. The quantitative estimate of drug-likeness (QED) is 0.470. The molecule has 0 aliphatic carbocycles. The minimum atomic E-state index is -0.288. The van der Waals surface area contributed by atoms with Gasteiger partial charge in [0.05, 0.1) is 11.4 Å². The number of nitrogens with one attached hydrogen (secondary N) is 1. The number of halogens is 1. The molecule has 1 N–H and O–H groups in total. The third kappa shape index (κ3) is 4.53. The fourth-order valence-corrected chi connectivity index (χ4v) is 6.03. The van der Waals surface area contributed by atoms with E-state index in [0.29, 0.717) is 25.3 Å². The van der Waals surface area contributed by atoms with Crippen molar-refractivity contribution in [3.63, 3.8) is 0 Å². The van der Waals surface area contributed by atoms with E-state index in [0.717, 1.165) is 24.1 Å². The summed E-state index contributed by atoms with van der Waals surface area (Å²) in [5.74, 6) is 0.273. The van der Waals surface area contributed by atoms with Crippen molar-refractivity contribution in [2.75, 3.05) is 13.1 Å². The number of likely N-dealkylation sites (tertiary alicyclic amines) is 1. The molecule has 7 heteroatoms. The summed E-state index contributed by atoms with van der Waals surface area (Å²) in [6.45, 7) is 3.85. The number of carbonyl (C=O) groups excluding carboxylic acids is 2. The number of fused-ring (bicyclic) bond motifs is 1. The van der Waals surface area contributed by atoms with Gasteiger partial charge in [-0.25, -0.2) is 0 Å². The fraction of sp³-hybridized carbons (Fsp3) is 0.440. The van der Waals surface area contributed by atoms with Crippen molar-refractivity contribution in [1.82, 2.24) is 15.1 Å². The first-order valence-electron chi connectivity index (χ1n) is 11.3. The molecule has 0 bridgehead atoms. The number of thiol groups is 1. The van der Waals surface area contributed by atoms with Gasteiger partial charge in [0.25, 0.3) is 0 Å². The van der Waals surface area contributed by atoms with Crippen molar-refractivity contribution in [3.05, 3.63) is 69.2 Å². The number of rotatable bonds is 4. The number of amides is 2. The molecular weight excluding hydrogens is 486 g/mol. The Morgan fingerprint density at radius 3 is 2.50 bits per heavy atom. The van der Waals surface area contributed by atoms with Crippen molar-refractivity contribution < 1.29 is 9.59 Å². The Morgan fingerprint density at radius 1 is 1.03 bits per heavy atom. The van der Waals surface area contributed by atoms with E-state index in [9.17, 15) is 9.59 Å². The highest BCUT2D eigenvalue weighted by molar-refractivity contribution is 9.10. The zero-order valence-corrected chi connectivity index (χ0v) is 20.4. The largest absolute Gasteiger partial charge is 0.299 e. The fourth-order valence-electron chi connectivity index (χ4n) is 5.29. The SMILES string of the molecule is O=C1CCC(N2Cc3ccc(CN4CCC(c5ccc(Br)cc5)CC4)cc3C2S)C(=O)N1. The highest BCUT2D eigenvalue weighted by atomic mass is 79.9. The number of carbonyl (C=O) groups is 2. The molecule has 0 spiro atoms. The van der Waals surface area contributed by atoms with Crippen molar-refractivity contribution in [3.8, 4) is 0 Å². The second-order valence-electron chi connectivity index (χ2n) is 9.15. The standard InChI is InChI=1S/C25H28BrN3O2S/c26-20-5-3-17(4-6-20)18-9-11-28(12-10-18)14-16-1-2-19-15-29(25(32)21(19)13-16)22-7-8-23(30)27-24(22)31/h1-6,13,18,22,25,32H,7-12,14-15H2,(H,27,30,31). The molecule has 2 atom stereocenters. The summed E-state index contributed by atoms with van der Waals surface area (Å²) in [7, 11) is 0. The summed E-state index contributed by atoms with van der Waals surface area (Å²) in [5.41, 5.74) is 5.17. The van der Waals surface area contributed by atoms with Gasteiger partial charge in [-0.1, -0.05) is 46.3 Å². The lowest BCUT2D eigenvalue weighted by Crippen LogP contribution is -2.51. The van der Waals surface area contributed by atoms with E-state index in [-0.39, 0.29) is 23.2 Å². The van der Waals surface area contributed by atoms with Gasteiger partial charge in [-0.3, -0.25) is 24.7 Å². The molecule has 2 aromatic rings. The molecule has 3 heterocycles. The van der Waals surface area contributed by atoms with Gasteiger partial charge in [0.15, 0.2) is 0 Å². The number of benzene rings is 2. The summed E-state index contributed by atoms with van der Waals surface area (Å²) in [6, 6.07) is 15.1. The molecule has 2 unspecified atom stereocenters. The lowest BCUT2D eigenvalue weighted by Gasteiger charge is -2.32. The van der Waals surface area contributed by atoms with E-state index in [4.69, 9.17) is 12.6 Å². The van der Waals surface area contributed by atoms with E-state index in [1.54, 1.807) is 0 Å². The summed E-state index contributed by atoms with van der Waals surface area (Å²) in [4.78, 5) is 28.5. The molecule has 2 aromatic carbocycles. The van der Waals surface area contributed by atoms with Gasteiger partial charge in [-0.05, 0) is 72.7 Å². The van der Waals surface area contributed by atoms with Crippen molar-refractivity contribution in [1.29, 1.82) is 0 Å². The van der Waals surface area contributed by atoms with Gasteiger partial charge >= 0.3 is 0 Å². The van der Waals surface area contributed by atoms with Crippen LogP contribution in [0.25, 0.3) is 0 Å². The van der Waals surface area contributed by atoms with Crippen LogP contribution in [0.5, 0.6) is 0 Å². The number of nitrogens with zero attached hydrogens (tertiary/aromatic N) is 2. The van der Waals surface area contributed by atoms with E-state index in [1.807, 2.05) is 0 Å². The first-order chi connectivity index (χ1) is 15.5. The van der Waals surface area contributed by atoms with Crippen LogP contribution in [-0.4, -0.2) is 40.7 Å². The van der Waals surface area contributed by atoms with Crippen LogP contribution in [0, 0.1) is 0 Å². The molecular formula is C25H28BrN3O2S. The Hall–Kier alpha value is -1.67. The predicted molar refractivity (Wildman–Crippen MR) is 131 cm³/mol. The number of hydrogen-bond acceptors (Lipinski definition) is 5. The number of piperidine rings is 2. The molecule has 0 aromatic heterocycles. The Morgan fingerprint density at radius 2 is 1.78 bits per heavy atom. The van der Waals surface area contributed by atoms with Crippen LogP contribution >= 0.6 is 28.6 Å². The first kappa shape index (κ1) is 22.1. The Bertz CT molecular complexity index is 1020. The minimum absolute atomic E-state index is 0.114. The van der Waals surface area contributed by atoms with Crippen molar-refractivity contribution in [2.45, 2.75) is 56.1 Å². The second-order valence-corrected chi connectivity index (χ2v) is 10.6. The van der Waals surface area contributed by atoms with Crippen molar-refractivity contribution in [2.24, 2.45) is 0 Å². The first-order valence-corrected chi connectivity index (χ1v) is 12.7. The average molecular weight is 514 g/mol. The van der Waals surface area contributed by atoms with E-state index in [1.165, 1.54) is 35.1 Å². The van der Waals surface area contributed by atoms with E-state index in [2.05, 4.69) is 73.5 Å². The summed E-state index contributed by atoms with van der Waals surface area (Å²) in [6.07, 6.45) is 3.33. The average Bonchev–Trinajstić information content (AvgIpc) is 3.11. The summed E-state index contributed by atoms with van der Waals surface area (Å²) in [5, 5.41) is 2.36. The molecule has 3 aliphatic heterocycles. The lowest BCUT2D eigenvalue weighted by molar-refractivity contribution is -0.137. The Kier molecular flexibility index (Phi) is 6.43. The van der Waals surface area contributed by atoms with Crippen LogP contribution in [0.15, 0.2) is 46.9 Å². The van der Waals surface area contributed by atoms with Gasteiger partial charge in [0, 0.05) is 24.0 Å². The monoisotopic (exact) mass is 513 g/mol. The highest BCUT2D eigenvalue weighted by Gasteiger charge is 2.39. The van der Waals surface area contributed by atoms with Gasteiger partial charge in [-0.2, -0.15) is 12.6 Å². The zero-order chi connectivity index (χ0) is 22.2. The maximum atomic E-state index is 12.3. The Labute approximate surface area is 203 Å². The third-order valence-corrected chi connectivity index (χ3v) is 8.20. The molecule has 168 valence electrons. The minimum Gasteiger partial charge on any atom is -0.299 e. The molecule has 0 radical (unpaired) electrons. The molecule has 5 nitrogen and oxygen atoms in total. The van der Waals surface area contributed by atoms with Crippen LogP contribution in [0.3, 0.4) is 0 Å². The van der Waals surface area contributed by atoms with Crippen LogP contribution in [-0.2, 0) is 22.7 Å². The van der Waals surface area contributed by atoms with E-state index < -0.39 is 0 Å². The van der Waals surface area contributed by atoms with Crippen LogP contribution in [0.2, 0.25) is 0 Å². The predicted octanol–water partition coefficient (Wildman–Crippen LogP) is 4.38. The van der Waals surface area contributed by atoms with Crippen LogP contribution in [0.1, 0.15) is 59.2 Å². The number of hydrogen-bond donors (Lipinski definition) is 2. The van der Waals surface area contributed by atoms with Gasteiger partial charge in [0.1, 0.15) is 0 Å². The molecule has 2 amide bonds. The zero-order valence-electron chi connectivity index (χ0n) is 18.0. The normalized spacial score (nSPS) is 25.1. The lowest BCUT2D eigenvalue weighted by atomic mass is 9.89. The molecule has 32 heavy (non-hydrogen) atoms. The maximum Gasteiger partial charge on any atom is 0.243 e. The van der Waals surface area contributed by atoms with Gasteiger partial charge in [-0.15, -0.1) is 0 Å². The third-order valence-electron chi connectivity index (χ3n) is 7.10. The molecule has 0 saturated carbocycles. The Balaban J connectivity index is 1.21. The second kappa shape index (κ2) is 9.29. The summed E-state index contributed by atoms with van der Waals surface area (Å²) < 4.78 is 1.13. The van der Waals surface area contributed by atoms with Crippen LogP contribution < -0.4 is 5.32 Å². The van der Waals surface area contributed by atoms with Crippen molar-refractivity contribution >= 4 is 40.4 Å². The molecule has 2 fully saturated rings. The molecule has 5 rings (SSSR count). The van der Waals surface area contributed by atoms with Gasteiger partial charge < -0.3 is 0 Å². The maximum absolute atomic E-state index is 12.3. The van der Waals surface area contributed by atoms with Crippen LogP contribution in [0.4, 0.5) is 0 Å². The highest BCUT2D eigenvalue weighted by Crippen LogP contribution is 2.40. The topological polar surface area (TPSA) is 52.7 Å². The van der Waals surface area contributed by atoms with Gasteiger partial charge in [0.2, 0.25) is 11.8 Å². The molecule has 2 saturated heterocycles. The van der Waals surface area contributed by atoms with E-state index >= 15 is 0 Å².